The fraction of sp³-hybridized carbons (Fsp3) is 0.377. The van der Waals surface area contributed by atoms with E-state index in [4.69, 9.17) is 63.5 Å². The van der Waals surface area contributed by atoms with Crippen LogP contribution in [0.4, 0.5) is 0 Å². The summed E-state index contributed by atoms with van der Waals surface area (Å²) in [5.74, 6) is 1.63. The highest BCUT2D eigenvalue weighted by molar-refractivity contribution is 9.09. The molecule has 0 saturated heterocycles. The lowest BCUT2D eigenvalue weighted by atomic mass is 10.1. The van der Waals surface area contributed by atoms with E-state index < -0.39 is 5.97 Å². The molecular formula is C69H84BrClO17. The minimum Gasteiger partial charge on any atom is -0.508 e. The Labute approximate surface area is 526 Å². The maximum Gasteiger partial charge on any atom is 0.336 e. The number of esters is 1. The summed E-state index contributed by atoms with van der Waals surface area (Å²) >= 11 is 8.47. The predicted molar refractivity (Wildman–Crippen MR) is 353 cm³/mol. The first-order valence-corrected chi connectivity index (χ1v) is 30.8. The van der Waals surface area contributed by atoms with Crippen LogP contribution in [0.5, 0.6) is 23.0 Å². The fourth-order valence-electron chi connectivity index (χ4n) is 8.13. The summed E-state index contributed by atoms with van der Waals surface area (Å²) < 4.78 is 42.3. The molecule has 0 aliphatic carbocycles. The third-order valence-corrected chi connectivity index (χ3v) is 13.2. The molecule has 4 N–H and O–H groups in total. The number of fused-ring (bicyclic) bond motifs is 4. The van der Waals surface area contributed by atoms with Crippen LogP contribution in [0.15, 0.2) is 170 Å². The molecule has 0 amide bonds. The third kappa shape index (κ3) is 26.7. The second kappa shape index (κ2) is 41.4. The standard InChI is InChI=1S/C19H22O5.2C15H18O4.C12H12O3.C5H7Cl.C3H7BrO/c1-4-6-14-11-18(20)24-17-12-15(7-8-16(14)17)22-9-5-10-23-19(21)13(2)3;2*1-2-4-11-9-15(17)19-14-10-12(5-6-13(11)14)18-8-3-7-16;1-2-3-8-6-12(14)15-11-7-9(13)4-5-10(8)11;1-4(2)5(3)6;4-2-1-3-5/h7-8,11-12H,2,4-6,9-10H2,1,3H3;2*5-6,9-10,16H,2-4,7-8H2,1H3;4-7,13H,2-3H2,1H3;1,3H2,2H3;5H,1-3H2. The van der Waals surface area contributed by atoms with Crippen LogP contribution in [0.25, 0.3) is 43.9 Å². The minimum absolute atomic E-state index is 0.101. The molecular weight excluding hydrogens is 1220 g/mol. The van der Waals surface area contributed by atoms with Gasteiger partial charge in [0, 0.05) is 125 Å². The van der Waals surface area contributed by atoms with Crippen LogP contribution in [0, 0.1) is 0 Å². The van der Waals surface area contributed by atoms with Gasteiger partial charge in [-0.3, -0.25) is 0 Å². The quantitative estimate of drug-likeness (QED) is 0.0104. The topological polar surface area (TPSA) is 256 Å². The van der Waals surface area contributed by atoms with Crippen molar-refractivity contribution in [3.05, 3.63) is 197 Å². The van der Waals surface area contributed by atoms with Gasteiger partial charge in [-0.05, 0) is 122 Å². The number of rotatable bonds is 25. The molecule has 0 aliphatic rings. The molecule has 8 rings (SSSR count). The van der Waals surface area contributed by atoms with Crippen molar-refractivity contribution in [1.29, 1.82) is 0 Å². The van der Waals surface area contributed by atoms with Crippen LogP contribution in [0.3, 0.4) is 0 Å². The van der Waals surface area contributed by atoms with Crippen molar-refractivity contribution in [2.24, 2.45) is 0 Å². The maximum atomic E-state index is 11.6. The Morgan fingerprint density at radius 2 is 0.773 bits per heavy atom. The number of hydrogen-bond acceptors (Lipinski definition) is 17. The lowest BCUT2D eigenvalue weighted by Crippen LogP contribution is -2.09. The second-order valence-electron chi connectivity index (χ2n) is 19.9. The monoisotopic (exact) mass is 1300 g/mol. The third-order valence-electron chi connectivity index (χ3n) is 12.3. The SMILES string of the molecule is C=C(C)C(=C)Cl.C=C(C)C(=O)OCCCOc1ccc2c(CCC)cc(=O)oc2c1.CCCc1cc(=O)oc2cc(O)ccc12.CCCc1cc(=O)oc2cc(OCCCO)ccc12.CCCc1cc(=O)oc2cc(OCCCO)ccc12.OCCCBr. The summed E-state index contributed by atoms with van der Waals surface area (Å²) in [6.45, 7) is 24.2. The number of benzene rings is 4. The highest BCUT2D eigenvalue weighted by atomic mass is 79.9. The zero-order valence-corrected chi connectivity index (χ0v) is 53.7. The number of aromatic hydroxyl groups is 1. The lowest BCUT2D eigenvalue weighted by Gasteiger charge is -2.09. The Bertz CT molecular complexity index is 3600. The van der Waals surface area contributed by atoms with E-state index in [9.17, 15) is 29.1 Å². The highest BCUT2D eigenvalue weighted by Gasteiger charge is 2.11. The number of alkyl halides is 1. The Morgan fingerprint density at radius 1 is 0.466 bits per heavy atom. The number of halogens is 2. The molecule has 0 aliphatic heterocycles. The number of aliphatic hydroxyl groups is 3. The molecule has 476 valence electrons. The second-order valence-corrected chi connectivity index (χ2v) is 21.2. The van der Waals surface area contributed by atoms with E-state index in [-0.39, 0.29) is 48.1 Å². The van der Waals surface area contributed by atoms with E-state index in [0.29, 0.717) is 95.9 Å². The number of hydrogen-bond donors (Lipinski definition) is 4. The number of carbonyl (C=O) groups is 1. The van der Waals surface area contributed by atoms with E-state index >= 15 is 0 Å². The summed E-state index contributed by atoms with van der Waals surface area (Å²) in [5, 5.41) is 39.9. The molecule has 0 radical (unpaired) electrons. The van der Waals surface area contributed by atoms with Crippen molar-refractivity contribution >= 4 is 77.4 Å². The van der Waals surface area contributed by atoms with Crippen LogP contribution >= 0.6 is 27.5 Å². The largest absolute Gasteiger partial charge is 0.508 e. The first-order chi connectivity index (χ1) is 42.2. The van der Waals surface area contributed by atoms with Crippen LogP contribution in [0.1, 0.15) is 115 Å². The number of ether oxygens (including phenoxy) is 4. The summed E-state index contributed by atoms with van der Waals surface area (Å²) in [6.07, 6.45) is 9.86. The lowest BCUT2D eigenvalue weighted by molar-refractivity contribution is -0.139. The van der Waals surface area contributed by atoms with E-state index in [1.54, 1.807) is 55.5 Å². The minimum atomic E-state index is -0.397. The van der Waals surface area contributed by atoms with Crippen molar-refractivity contribution in [3.8, 4) is 23.0 Å². The number of aliphatic hydroxyl groups excluding tert-OH is 3. The van der Waals surface area contributed by atoms with Gasteiger partial charge in [-0.1, -0.05) is 101 Å². The van der Waals surface area contributed by atoms with Crippen molar-refractivity contribution in [1.82, 2.24) is 0 Å². The molecule has 8 aromatic rings. The van der Waals surface area contributed by atoms with Gasteiger partial charge in [0.25, 0.3) is 0 Å². The van der Waals surface area contributed by atoms with Gasteiger partial charge in [-0.25, -0.2) is 24.0 Å². The van der Waals surface area contributed by atoms with Crippen LogP contribution in [-0.4, -0.2) is 78.0 Å². The van der Waals surface area contributed by atoms with Crippen LogP contribution in [0.2, 0.25) is 0 Å². The fourth-order valence-corrected chi connectivity index (χ4v) is 8.38. The molecule has 19 heteroatoms. The van der Waals surface area contributed by atoms with Gasteiger partial charge >= 0.3 is 28.5 Å². The molecule has 0 fully saturated rings. The first kappa shape index (κ1) is 74.5. The van der Waals surface area contributed by atoms with Gasteiger partial charge in [-0.15, -0.1) is 0 Å². The maximum absolute atomic E-state index is 11.6. The number of phenols is 1. The molecule has 0 spiro atoms. The molecule has 4 aromatic carbocycles. The average Bonchev–Trinajstić information content (AvgIpc) is 1.21. The number of aryl methyl sites for hydroxylation is 4. The van der Waals surface area contributed by atoms with Crippen molar-refractivity contribution in [2.75, 3.05) is 51.6 Å². The zero-order valence-electron chi connectivity index (χ0n) is 51.4. The van der Waals surface area contributed by atoms with E-state index in [0.717, 1.165) is 112 Å². The molecule has 0 unspecified atom stereocenters. The van der Waals surface area contributed by atoms with E-state index in [1.807, 2.05) is 43.3 Å². The van der Waals surface area contributed by atoms with Crippen molar-refractivity contribution in [3.63, 3.8) is 0 Å². The number of carbonyl (C=O) groups excluding carboxylic acids is 1. The molecule has 0 bridgehead atoms. The Kier molecular flexibility index (Phi) is 35.1. The molecule has 88 heavy (non-hydrogen) atoms. The number of allylic oxidation sites excluding steroid dienone is 2. The van der Waals surface area contributed by atoms with Gasteiger partial charge in [0.05, 0.1) is 26.4 Å². The zero-order chi connectivity index (χ0) is 65.0. The summed E-state index contributed by atoms with van der Waals surface area (Å²) in [7, 11) is 0. The van der Waals surface area contributed by atoms with Crippen LogP contribution in [-0.2, 0) is 35.2 Å². The van der Waals surface area contributed by atoms with Gasteiger partial charge in [-0.2, -0.15) is 0 Å². The average molecular weight is 1300 g/mol. The van der Waals surface area contributed by atoms with Crippen LogP contribution < -0.4 is 36.7 Å². The molecule has 4 heterocycles. The van der Waals surface area contributed by atoms with Gasteiger partial charge in [0.1, 0.15) is 45.3 Å². The van der Waals surface area contributed by atoms with Gasteiger partial charge < -0.3 is 57.0 Å². The summed E-state index contributed by atoms with van der Waals surface area (Å²) in [5.41, 5.74) is 5.90. The normalized spacial score (nSPS) is 10.4. The molecule has 17 nitrogen and oxygen atoms in total. The Balaban J connectivity index is 0.000000292. The molecule has 4 aromatic heterocycles. The Morgan fingerprint density at radius 3 is 1.05 bits per heavy atom. The highest BCUT2D eigenvalue weighted by Crippen LogP contribution is 2.27. The van der Waals surface area contributed by atoms with Gasteiger partial charge in [0.2, 0.25) is 0 Å². The molecule has 0 atom stereocenters. The summed E-state index contributed by atoms with van der Waals surface area (Å²) in [4.78, 5) is 57.1. The van der Waals surface area contributed by atoms with E-state index in [1.165, 1.54) is 12.1 Å². The Hall–Kier alpha value is -7.74. The van der Waals surface area contributed by atoms with Crippen molar-refractivity contribution in [2.45, 2.75) is 119 Å². The van der Waals surface area contributed by atoms with Crippen molar-refractivity contribution < 1.29 is 61.8 Å². The summed E-state index contributed by atoms with van der Waals surface area (Å²) in [6, 6.07) is 27.5. The molecule has 0 saturated carbocycles. The van der Waals surface area contributed by atoms with Gasteiger partial charge in [0.15, 0.2) is 0 Å². The smallest absolute Gasteiger partial charge is 0.336 e. The van der Waals surface area contributed by atoms with E-state index in [2.05, 4.69) is 63.4 Å². The first-order valence-electron chi connectivity index (χ1n) is 29.3. The number of phenolic OH excluding ortho intramolecular Hbond substituents is 1. The predicted octanol–water partition coefficient (Wildman–Crippen LogP) is 14.2.